The van der Waals surface area contributed by atoms with E-state index >= 15 is 0 Å². The molecule has 1 amide bonds. The summed E-state index contributed by atoms with van der Waals surface area (Å²) < 4.78 is 28.1. The second kappa shape index (κ2) is 8.66. The minimum Gasteiger partial charge on any atom is -0.322 e. The number of rotatable bonds is 4. The van der Waals surface area contributed by atoms with Crippen LogP contribution in [0.15, 0.2) is 60.8 Å². The predicted molar refractivity (Wildman–Crippen MR) is 123 cm³/mol. The van der Waals surface area contributed by atoms with Gasteiger partial charge in [-0.1, -0.05) is 17.7 Å². The molecule has 0 bridgehead atoms. The zero-order valence-electron chi connectivity index (χ0n) is 16.8. The van der Waals surface area contributed by atoms with Gasteiger partial charge in [-0.2, -0.15) is 13.1 Å². The number of pyridine rings is 1. The normalized spacial score (nSPS) is 15.5. The number of aryl methyl sites for hydroxylation is 1. The number of halogens is 1. The Labute approximate surface area is 186 Å². The Morgan fingerprint density at radius 1 is 1.13 bits per heavy atom. The smallest absolute Gasteiger partial charge is 0.301 e. The van der Waals surface area contributed by atoms with E-state index in [1.807, 2.05) is 19.1 Å². The standard InChI is InChI=1S/C22H21ClN4O3S/c1-15-3-10-21(24-14-15)19-13-17(6-9-20(19)23)26-22(28)16-4-7-18(8-5-16)27-12-2-11-25-31(27,29)30/h3-10,13-14,25H,2,11-12H2,1H3,(H,26,28). The van der Waals surface area contributed by atoms with Crippen LogP contribution in [0, 0.1) is 6.92 Å². The van der Waals surface area contributed by atoms with Crippen molar-refractivity contribution in [1.82, 2.24) is 9.71 Å². The summed E-state index contributed by atoms with van der Waals surface area (Å²) in [6, 6.07) is 15.5. The first-order valence-electron chi connectivity index (χ1n) is 9.75. The van der Waals surface area contributed by atoms with Crippen LogP contribution >= 0.6 is 11.6 Å². The van der Waals surface area contributed by atoms with E-state index in [0.29, 0.717) is 40.7 Å². The first-order valence-corrected chi connectivity index (χ1v) is 11.6. The molecular formula is C22H21ClN4O3S. The van der Waals surface area contributed by atoms with Gasteiger partial charge in [-0.25, -0.2) is 0 Å². The van der Waals surface area contributed by atoms with E-state index in [-0.39, 0.29) is 5.91 Å². The quantitative estimate of drug-likeness (QED) is 0.620. The molecule has 0 aliphatic carbocycles. The van der Waals surface area contributed by atoms with Gasteiger partial charge < -0.3 is 5.32 Å². The molecule has 1 fully saturated rings. The van der Waals surface area contributed by atoms with E-state index in [2.05, 4.69) is 15.0 Å². The fraction of sp³-hybridized carbons (Fsp3) is 0.182. The molecule has 0 atom stereocenters. The Bertz CT molecular complexity index is 1210. The number of carbonyl (C=O) groups excluding carboxylic acids is 1. The van der Waals surface area contributed by atoms with Crippen LogP contribution in [0.2, 0.25) is 5.02 Å². The van der Waals surface area contributed by atoms with Crippen molar-refractivity contribution in [3.63, 3.8) is 0 Å². The lowest BCUT2D eigenvalue weighted by Gasteiger charge is -2.28. The minimum absolute atomic E-state index is 0.309. The van der Waals surface area contributed by atoms with Gasteiger partial charge in [-0.15, -0.1) is 0 Å². The minimum atomic E-state index is -3.53. The van der Waals surface area contributed by atoms with Crippen LogP contribution in [0.1, 0.15) is 22.3 Å². The fourth-order valence-corrected chi connectivity index (χ4v) is 4.84. The highest BCUT2D eigenvalue weighted by Gasteiger charge is 2.25. The van der Waals surface area contributed by atoms with Crippen molar-refractivity contribution in [3.05, 3.63) is 76.9 Å². The van der Waals surface area contributed by atoms with Gasteiger partial charge in [0, 0.05) is 36.1 Å². The molecule has 9 heteroatoms. The average Bonchev–Trinajstić information content (AvgIpc) is 2.75. The van der Waals surface area contributed by atoms with Crippen molar-refractivity contribution in [2.75, 3.05) is 22.7 Å². The lowest BCUT2D eigenvalue weighted by Crippen LogP contribution is -2.47. The Kier molecular flexibility index (Phi) is 5.95. The maximum absolute atomic E-state index is 12.7. The van der Waals surface area contributed by atoms with Gasteiger partial charge in [-0.05, 0) is 67.4 Å². The van der Waals surface area contributed by atoms with Crippen molar-refractivity contribution in [2.24, 2.45) is 0 Å². The molecule has 4 rings (SSSR count). The number of anilines is 2. The topological polar surface area (TPSA) is 91.4 Å². The van der Waals surface area contributed by atoms with E-state index in [9.17, 15) is 13.2 Å². The molecule has 2 heterocycles. The number of aromatic nitrogens is 1. The molecule has 1 aliphatic heterocycles. The maximum atomic E-state index is 12.7. The summed E-state index contributed by atoms with van der Waals surface area (Å²) in [5.74, 6) is -0.309. The third kappa shape index (κ3) is 4.71. The summed E-state index contributed by atoms with van der Waals surface area (Å²) in [4.78, 5) is 17.1. The van der Waals surface area contributed by atoms with E-state index in [4.69, 9.17) is 11.6 Å². The molecule has 160 valence electrons. The molecule has 7 nitrogen and oxygen atoms in total. The van der Waals surface area contributed by atoms with E-state index in [1.54, 1.807) is 48.7 Å². The zero-order valence-corrected chi connectivity index (χ0v) is 18.4. The Balaban J connectivity index is 1.52. The third-order valence-electron chi connectivity index (χ3n) is 4.94. The van der Waals surface area contributed by atoms with Gasteiger partial charge >= 0.3 is 10.2 Å². The Morgan fingerprint density at radius 2 is 1.90 bits per heavy atom. The van der Waals surface area contributed by atoms with E-state index in [0.717, 1.165) is 17.5 Å². The van der Waals surface area contributed by atoms with Gasteiger partial charge in [0.2, 0.25) is 0 Å². The highest BCUT2D eigenvalue weighted by molar-refractivity contribution is 7.90. The van der Waals surface area contributed by atoms with E-state index in [1.165, 1.54) is 4.31 Å². The molecule has 1 aromatic heterocycles. The molecule has 0 radical (unpaired) electrons. The number of hydrogen-bond acceptors (Lipinski definition) is 4. The summed E-state index contributed by atoms with van der Waals surface area (Å²) in [7, 11) is -3.53. The molecule has 2 aromatic carbocycles. The van der Waals surface area contributed by atoms with Crippen molar-refractivity contribution in [1.29, 1.82) is 0 Å². The van der Waals surface area contributed by atoms with Crippen LogP contribution < -0.4 is 14.3 Å². The number of nitrogens with one attached hydrogen (secondary N) is 2. The van der Waals surface area contributed by atoms with Crippen molar-refractivity contribution >= 4 is 39.1 Å². The van der Waals surface area contributed by atoms with Crippen LogP contribution in [0.25, 0.3) is 11.3 Å². The van der Waals surface area contributed by atoms with Crippen LogP contribution in [-0.2, 0) is 10.2 Å². The molecule has 1 saturated heterocycles. The molecule has 2 N–H and O–H groups in total. The monoisotopic (exact) mass is 456 g/mol. The lowest BCUT2D eigenvalue weighted by molar-refractivity contribution is 0.102. The second-order valence-corrected chi connectivity index (χ2v) is 9.33. The molecule has 0 saturated carbocycles. The number of carbonyl (C=O) groups is 1. The van der Waals surface area contributed by atoms with Crippen molar-refractivity contribution in [2.45, 2.75) is 13.3 Å². The summed E-state index contributed by atoms with van der Waals surface area (Å²) in [6.07, 6.45) is 2.48. The van der Waals surface area contributed by atoms with E-state index < -0.39 is 10.2 Å². The van der Waals surface area contributed by atoms with Gasteiger partial charge in [0.15, 0.2) is 0 Å². The highest BCUT2D eigenvalue weighted by Crippen LogP contribution is 2.30. The van der Waals surface area contributed by atoms with Gasteiger partial charge in [-0.3, -0.25) is 14.1 Å². The van der Waals surface area contributed by atoms with Crippen LogP contribution in [-0.4, -0.2) is 32.4 Å². The van der Waals surface area contributed by atoms with Gasteiger partial charge in [0.05, 0.1) is 16.4 Å². The second-order valence-electron chi connectivity index (χ2n) is 7.24. The number of hydrogen-bond donors (Lipinski definition) is 2. The summed E-state index contributed by atoms with van der Waals surface area (Å²) in [5.41, 5.74) is 3.99. The number of nitrogens with zero attached hydrogens (tertiary/aromatic N) is 2. The zero-order chi connectivity index (χ0) is 22.0. The SMILES string of the molecule is Cc1ccc(-c2cc(NC(=O)c3ccc(N4CCCNS4(=O)=O)cc3)ccc2Cl)nc1. The van der Waals surface area contributed by atoms with Gasteiger partial charge in [0.1, 0.15) is 0 Å². The first-order chi connectivity index (χ1) is 14.8. The van der Waals surface area contributed by atoms with Gasteiger partial charge in [0.25, 0.3) is 5.91 Å². The highest BCUT2D eigenvalue weighted by atomic mass is 35.5. The summed E-state index contributed by atoms with van der Waals surface area (Å²) in [6.45, 7) is 2.79. The Hall–Kier alpha value is -2.94. The fourth-order valence-electron chi connectivity index (χ4n) is 3.30. The molecule has 0 spiro atoms. The number of benzene rings is 2. The molecule has 0 unspecified atom stereocenters. The molecule has 31 heavy (non-hydrogen) atoms. The number of amides is 1. The molecule has 1 aliphatic rings. The first kappa shape index (κ1) is 21.3. The maximum Gasteiger partial charge on any atom is 0.301 e. The van der Waals surface area contributed by atoms with Crippen LogP contribution in [0.5, 0.6) is 0 Å². The van der Waals surface area contributed by atoms with Crippen molar-refractivity contribution < 1.29 is 13.2 Å². The molecular weight excluding hydrogens is 436 g/mol. The Morgan fingerprint density at radius 3 is 2.58 bits per heavy atom. The average molecular weight is 457 g/mol. The third-order valence-corrected chi connectivity index (χ3v) is 6.81. The summed E-state index contributed by atoms with van der Waals surface area (Å²) in [5, 5.41) is 3.39. The van der Waals surface area contributed by atoms with Crippen molar-refractivity contribution in [3.8, 4) is 11.3 Å². The summed E-state index contributed by atoms with van der Waals surface area (Å²) >= 11 is 6.33. The largest absolute Gasteiger partial charge is 0.322 e. The van der Waals surface area contributed by atoms with Crippen LogP contribution in [0.4, 0.5) is 11.4 Å². The predicted octanol–water partition coefficient (Wildman–Crippen LogP) is 4.01. The molecule has 3 aromatic rings. The van der Waals surface area contributed by atoms with Crippen LogP contribution in [0.3, 0.4) is 0 Å². The lowest BCUT2D eigenvalue weighted by atomic mass is 10.1.